The molecule has 0 fully saturated rings. The van der Waals surface area contributed by atoms with Crippen LogP contribution in [0.25, 0.3) is 0 Å². The number of hydrogen-bond acceptors (Lipinski definition) is 1. The van der Waals surface area contributed by atoms with E-state index in [1.165, 1.54) is 6.07 Å². The number of hydrogen-bond donors (Lipinski definition) is 0. The first-order chi connectivity index (χ1) is 5.15. The van der Waals surface area contributed by atoms with E-state index in [1.807, 2.05) is 0 Å². The van der Waals surface area contributed by atoms with Gasteiger partial charge in [0.25, 0.3) is 0 Å². The number of nitrogens with zero attached hydrogens (tertiary/aromatic N) is 1. The van der Waals surface area contributed by atoms with Crippen LogP contribution in [0.1, 0.15) is 5.56 Å². The molecule has 0 radical (unpaired) electrons. The minimum absolute atomic E-state index is 0.0222. The summed E-state index contributed by atoms with van der Waals surface area (Å²) >= 11 is 2.78. The van der Waals surface area contributed by atoms with Gasteiger partial charge in [-0.05, 0) is 28.1 Å². The van der Waals surface area contributed by atoms with Gasteiger partial charge in [0.2, 0.25) is 0 Å². The molecule has 11 heavy (non-hydrogen) atoms. The predicted molar refractivity (Wildman–Crippen MR) is 38.8 cm³/mol. The van der Waals surface area contributed by atoms with Gasteiger partial charge in [0, 0.05) is 0 Å². The molecule has 0 N–H and O–H groups in total. The lowest BCUT2D eigenvalue weighted by atomic mass is 10.2. The maximum atomic E-state index is 12.6. The van der Waals surface area contributed by atoms with Crippen LogP contribution in [0.5, 0.6) is 0 Å². The first kappa shape index (κ1) is 8.15. The van der Waals surface area contributed by atoms with Crippen LogP contribution < -0.4 is 0 Å². The lowest BCUT2D eigenvalue weighted by Crippen LogP contribution is -1.86. The van der Waals surface area contributed by atoms with Crippen molar-refractivity contribution in [1.29, 1.82) is 5.26 Å². The van der Waals surface area contributed by atoms with Crippen molar-refractivity contribution in [2.75, 3.05) is 0 Å². The average molecular weight is 218 g/mol. The fourth-order valence-electron chi connectivity index (χ4n) is 0.608. The molecule has 0 unspecified atom stereocenters. The molecule has 0 saturated carbocycles. The Morgan fingerprint density at radius 3 is 2.45 bits per heavy atom. The fourth-order valence-corrected chi connectivity index (χ4v) is 0.924. The minimum Gasteiger partial charge on any atom is -0.206 e. The molecule has 1 aromatic carbocycles. The third-order valence-electron chi connectivity index (χ3n) is 1.13. The molecular weight excluding hydrogens is 216 g/mol. The van der Waals surface area contributed by atoms with Crippen LogP contribution in [0.15, 0.2) is 16.6 Å². The first-order valence-electron chi connectivity index (χ1n) is 2.70. The van der Waals surface area contributed by atoms with E-state index in [2.05, 4.69) is 15.9 Å². The molecule has 0 aliphatic heterocycles. The van der Waals surface area contributed by atoms with E-state index in [0.29, 0.717) is 0 Å². The smallest absolute Gasteiger partial charge is 0.142 e. The second kappa shape index (κ2) is 2.97. The summed E-state index contributed by atoms with van der Waals surface area (Å²) in [4.78, 5) is 0. The summed E-state index contributed by atoms with van der Waals surface area (Å²) in [6.45, 7) is 0. The lowest BCUT2D eigenvalue weighted by Gasteiger charge is -1.95. The molecule has 0 spiro atoms. The number of halogens is 3. The highest BCUT2D eigenvalue weighted by molar-refractivity contribution is 9.10. The maximum Gasteiger partial charge on any atom is 0.142 e. The van der Waals surface area contributed by atoms with Gasteiger partial charge in [-0.25, -0.2) is 8.78 Å². The average Bonchev–Trinajstić information content (AvgIpc) is 1.97. The molecule has 0 atom stereocenters. The second-order valence-corrected chi connectivity index (χ2v) is 2.71. The topological polar surface area (TPSA) is 23.8 Å². The van der Waals surface area contributed by atoms with Gasteiger partial charge < -0.3 is 0 Å². The third kappa shape index (κ3) is 1.55. The molecule has 4 heteroatoms. The van der Waals surface area contributed by atoms with Gasteiger partial charge >= 0.3 is 0 Å². The molecule has 0 aromatic heterocycles. The van der Waals surface area contributed by atoms with Crippen molar-refractivity contribution in [3.63, 3.8) is 0 Å². The highest BCUT2D eigenvalue weighted by Gasteiger charge is 2.06. The van der Waals surface area contributed by atoms with Crippen molar-refractivity contribution in [3.05, 3.63) is 33.8 Å². The second-order valence-electron chi connectivity index (χ2n) is 1.86. The molecule has 0 amide bonds. The van der Waals surface area contributed by atoms with Crippen LogP contribution in [-0.4, -0.2) is 0 Å². The lowest BCUT2D eigenvalue weighted by molar-refractivity contribution is 0.591. The molecule has 1 rings (SSSR count). The molecule has 0 bridgehead atoms. The molecule has 0 aliphatic rings. The van der Waals surface area contributed by atoms with E-state index in [0.717, 1.165) is 12.1 Å². The van der Waals surface area contributed by atoms with Crippen LogP contribution in [-0.2, 0) is 0 Å². The van der Waals surface area contributed by atoms with Crippen LogP contribution >= 0.6 is 15.9 Å². The van der Waals surface area contributed by atoms with Crippen molar-refractivity contribution in [2.24, 2.45) is 0 Å². The van der Waals surface area contributed by atoms with Crippen LogP contribution in [0, 0.1) is 23.0 Å². The Morgan fingerprint density at radius 2 is 1.91 bits per heavy atom. The van der Waals surface area contributed by atoms with Crippen molar-refractivity contribution >= 4 is 15.9 Å². The SMILES string of the molecule is N#Cc1cc(F)c(Br)cc1F. The Bertz CT molecular complexity index is 330. The standard InChI is InChI=1S/C7H2BrF2N/c8-5-2-6(9)4(3-11)1-7(5)10/h1-2H. The molecule has 56 valence electrons. The van der Waals surface area contributed by atoms with Gasteiger partial charge in [-0.1, -0.05) is 0 Å². The van der Waals surface area contributed by atoms with E-state index in [1.54, 1.807) is 0 Å². The quantitative estimate of drug-likeness (QED) is 0.614. The zero-order chi connectivity index (χ0) is 8.43. The van der Waals surface area contributed by atoms with Crippen LogP contribution in [0.2, 0.25) is 0 Å². The van der Waals surface area contributed by atoms with Gasteiger partial charge in [-0.2, -0.15) is 5.26 Å². The van der Waals surface area contributed by atoms with E-state index < -0.39 is 11.6 Å². The summed E-state index contributed by atoms with van der Waals surface area (Å²) in [5.74, 6) is -1.36. The van der Waals surface area contributed by atoms with E-state index in [-0.39, 0.29) is 10.0 Å². The molecular formula is C7H2BrF2N. The van der Waals surface area contributed by atoms with Gasteiger partial charge in [0.1, 0.15) is 17.7 Å². The van der Waals surface area contributed by atoms with Gasteiger partial charge in [0.15, 0.2) is 0 Å². The number of benzene rings is 1. The van der Waals surface area contributed by atoms with Gasteiger partial charge in [-0.3, -0.25) is 0 Å². The maximum absolute atomic E-state index is 12.6. The van der Waals surface area contributed by atoms with Crippen LogP contribution in [0.3, 0.4) is 0 Å². The summed E-state index contributed by atoms with van der Waals surface area (Å²) in [6, 6.07) is 3.30. The van der Waals surface area contributed by atoms with E-state index >= 15 is 0 Å². The number of nitriles is 1. The van der Waals surface area contributed by atoms with E-state index in [4.69, 9.17) is 5.26 Å². The summed E-state index contributed by atoms with van der Waals surface area (Å²) in [7, 11) is 0. The van der Waals surface area contributed by atoms with Crippen molar-refractivity contribution in [3.8, 4) is 6.07 Å². The van der Waals surface area contributed by atoms with Gasteiger partial charge in [0.05, 0.1) is 10.0 Å². The van der Waals surface area contributed by atoms with Crippen molar-refractivity contribution in [2.45, 2.75) is 0 Å². The Kier molecular flexibility index (Phi) is 2.20. The Labute approximate surface area is 70.4 Å². The highest BCUT2D eigenvalue weighted by Crippen LogP contribution is 2.18. The Balaban J connectivity index is 3.35. The Hall–Kier alpha value is -0.950. The zero-order valence-corrected chi connectivity index (χ0v) is 6.82. The molecule has 0 heterocycles. The number of rotatable bonds is 0. The summed E-state index contributed by atoms with van der Waals surface area (Å²) < 4.78 is 25.2. The summed E-state index contributed by atoms with van der Waals surface area (Å²) in [6.07, 6.45) is 0. The summed E-state index contributed by atoms with van der Waals surface area (Å²) in [5.41, 5.74) is -0.286. The normalized spacial score (nSPS) is 9.27. The summed E-state index contributed by atoms with van der Waals surface area (Å²) in [5, 5.41) is 8.26. The molecule has 1 aromatic rings. The molecule has 1 nitrogen and oxygen atoms in total. The van der Waals surface area contributed by atoms with Crippen molar-refractivity contribution in [1.82, 2.24) is 0 Å². The molecule has 0 aliphatic carbocycles. The third-order valence-corrected chi connectivity index (χ3v) is 1.74. The zero-order valence-electron chi connectivity index (χ0n) is 5.24. The van der Waals surface area contributed by atoms with Gasteiger partial charge in [-0.15, -0.1) is 0 Å². The Morgan fingerprint density at radius 1 is 1.27 bits per heavy atom. The van der Waals surface area contributed by atoms with E-state index in [9.17, 15) is 8.78 Å². The fraction of sp³-hybridized carbons (Fsp3) is 0. The van der Waals surface area contributed by atoms with Crippen molar-refractivity contribution < 1.29 is 8.78 Å². The largest absolute Gasteiger partial charge is 0.206 e. The van der Waals surface area contributed by atoms with Crippen LogP contribution in [0.4, 0.5) is 8.78 Å². The minimum atomic E-state index is -0.722. The first-order valence-corrected chi connectivity index (χ1v) is 3.49. The monoisotopic (exact) mass is 217 g/mol. The highest BCUT2D eigenvalue weighted by atomic mass is 79.9. The molecule has 0 saturated heterocycles. The predicted octanol–water partition coefficient (Wildman–Crippen LogP) is 2.60.